The Hall–Kier alpha value is -2.04. The molecule has 0 aliphatic carbocycles. The van der Waals surface area contributed by atoms with Gasteiger partial charge in [-0.25, -0.2) is 4.79 Å². The van der Waals surface area contributed by atoms with Crippen molar-refractivity contribution >= 4 is 17.0 Å². The number of hydrogen-bond donors (Lipinski definition) is 1. The maximum atomic E-state index is 11.9. The van der Waals surface area contributed by atoms with Gasteiger partial charge in [0.05, 0.1) is 17.5 Å². The number of carbonyl (C=O) groups is 1. The number of aryl methyl sites for hydroxylation is 2. The summed E-state index contributed by atoms with van der Waals surface area (Å²) >= 11 is 0. The summed E-state index contributed by atoms with van der Waals surface area (Å²) in [6.45, 7) is 4.03. The van der Waals surface area contributed by atoms with Crippen LogP contribution in [0.2, 0.25) is 0 Å². The third kappa shape index (κ3) is 2.35. The summed E-state index contributed by atoms with van der Waals surface area (Å²) in [7, 11) is 3.47. The highest BCUT2D eigenvalue weighted by Crippen LogP contribution is 2.29. The fourth-order valence-corrected chi connectivity index (χ4v) is 2.68. The molecule has 1 atom stereocenters. The van der Waals surface area contributed by atoms with Gasteiger partial charge in [0.25, 0.3) is 0 Å². The zero-order valence-corrected chi connectivity index (χ0v) is 12.3. The summed E-state index contributed by atoms with van der Waals surface area (Å²) in [5, 5.41) is 9.05. The van der Waals surface area contributed by atoms with E-state index in [9.17, 15) is 9.59 Å². The number of carboxylic acids is 1. The van der Waals surface area contributed by atoms with E-state index in [-0.39, 0.29) is 23.9 Å². The van der Waals surface area contributed by atoms with Crippen molar-refractivity contribution in [2.75, 3.05) is 0 Å². The highest BCUT2D eigenvalue weighted by atomic mass is 16.4. The fraction of sp³-hybridized carbons (Fsp3) is 0.467. The molecule has 1 aromatic heterocycles. The number of hydrogen-bond acceptors (Lipinski definition) is 2. The molecular weight excluding hydrogens is 256 g/mol. The molecule has 2 aromatic rings. The largest absolute Gasteiger partial charge is 0.481 e. The molecule has 1 unspecified atom stereocenters. The van der Waals surface area contributed by atoms with Crippen molar-refractivity contribution in [3.05, 3.63) is 34.2 Å². The van der Waals surface area contributed by atoms with E-state index in [4.69, 9.17) is 5.11 Å². The van der Waals surface area contributed by atoms with Gasteiger partial charge in [-0.15, -0.1) is 0 Å². The first kappa shape index (κ1) is 14.4. The maximum absolute atomic E-state index is 11.9. The number of fused-ring (bicyclic) bond motifs is 1. The van der Waals surface area contributed by atoms with Crippen molar-refractivity contribution in [1.82, 2.24) is 9.13 Å². The lowest BCUT2D eigenvalue weighted by atomic mass is 9.85. The van der Waals surface area contributed by atoms with Crippen molar-refractivity contribution in [1.29, 1.82) is 0 Å². The molecule has 0 radical (unpaired) electrons. The summed E-state index contributed by atoms with van der Waals surface area (Å²) in [5.41, 5.74) is 2.60. The molecule has 0 aliphatic rings. The molecule has 5 heteroatoms. The molecule has 1 N–H and O–H groups in total. The third-order valence-corrected chi connectivity index (χ3v) is 3.92. The lowest BCUT2D eigenvalue weighted by Crippen LogP contribution is -2.19. The van der Waals surface area contributed by atoms with Crippen LogP contribution >= 0.6 is 0 Å². The number of imidazole rings is 1. The van der Waals surface area contributed by atoms with E-state index < -0.39 is 5.97 Å². The van der Waals surface area contributed by atoms with Crippen LogP contribution in [-0.2, 0) is 18.9 Å². The number of aliphatic carboxylic acids is 1. The van der Waals surface area contributed by atoms with Crippen LogP contribution < -0.4 is 5.69 Å². The number of aromatic nitrogens is 2. The molecule has 5 nitrogen and oxygen atoms in total. The third-order valence-electron chi connectivity index (χ3n) is 3.92. The number of carboxylic acid groups (broad SMARTS) is 1. The fourth-order valence-electron chi connectivity index (χ4n) is 2.68. The first-order chi connectivity index (χ1) is 9.32. The minimum Gasteiger partial charge on any atom is -0.481 e. The van der Waals surface area contributed by atoms with Gasteiger partial charge in [0.1, 0.15) is 0 Å². The highest BCUT2D eigenvalue weighted by molar-refractivity contribution is 5.77. The normalized spacial score (nSPS) is 13.1. The molecule has 108 valence electrons. The van der Waals surface area contributed by atoms with Gasteiger partial charge >= 0.3 is 11.7 Å². The number of rotatable bonds is 4. The second-order valence-electron chi connectivity index (χ2n) is 5.60. The van der Waals surface area contributed by atoms with Crippen LogP contribution in [-0.4, -0.2) is 20.2 Å². The Balaban J connectivity index is 2.57. The van der Waals surface area contributed by atoms with E-state index >= 15 is 0 Å². The zero-order chi connectivity index (χ0) is 15.0. The van der Waals surface area contributed by atoms with Gasteiger partial charge in [-0.3, -0.25) is 13.9 Å². The monoisotopic (exact) mass is 276 g/mol. The van der Waals surface area contributed by atoms with Crippen LogP contribution in [0.25, 0.3) is 11.0 Å². The molecular formula is C15H20N2O3. The smallest absolute Gasteiger partial charge is 0.328 e. The predicted octanol–water partition coefficient (Wildman–Crippen LogP) is 2.09. The van der Waals surface area contributed by atoms with Gasteiger partial charge in [0.15, 0.2) is 0 Å². The van der Waals surface area contributed by atoms with E-state index in [1.807, 2.05) is 32.0 Å². The predicted molar refractivity (Wildman–Crippen MR) is 78.0 cm³/mol. The van der Waals surface area contributed by atoms with Crippen LogP contribution in [0.1, 0.15) is 31.7 Å². The Bertz CT molecular complexity index is 710. The Morgan fingerprint density at radius 2 is 1.80 bits per heavy atom. The summed E-state index contributed by atoms with van der Waals surface area (Å²) in [6.07, 6.45) is 0.101. The molecule has 0 saturated heterocycles. The molecule has 20 heavy (non-hydrogen) atoms. The van der Waals surface area contributed by atoms with Gasteiger partial charge in [-0.2, -0.15) is 0 Å². The van der Waals surface area contributed by atoms with Crippen LogP contribution in [0.4, 0.5) is 0 Å². The minimum absolute atomic E-state index is 0.0489. The van der Waals surface area contributed by atoms with Gasteiger partial charge in [-0.05, 0) is 29.5 Å². The highest BCUT2D eigenvalue weighted by Gasteiger charge is 2.20. The molecule has 0 fully saturated rings. The summed E-state index contributed by atoms with van der Waals surface area (Å²) < 4.78 is 3.19. The van der Waals surface area contributed by atoms with Crippen LogP contribution in [0, 0.1) is 5.92 Å². The Kier molecular flexibility index (Phi) is 3.70. The SMILES string of the molecule is CC(C)C(CC(=O)O)c1ccc2c(c1)n(C)c(=O)n2C. The van der Waals surface area contributed by atoms with Crippen LogP contribution in [0.5, 0.6) is 0 Å². The van der Waals surface area contributed by atoms with Crippen molar-refractivity contribution < 1.29 is 9.90 Å². The Labute approximate surface area is 117 Å². The molecule has 0 spiro atoms. The molecule has 0 bridgehead atoms. The first-order valence-electron chi connectivity index (χ1n) is 6.70. The lowest BCUT2D eigenvalue weighted by molar-refractivity contribution is -0.137. The Morgan fingerprint density at radius 1 is 1.20 bits per heavy atom. The van der Waals surface area contributed by atoms with Crippen LogP contribution in [0.15, 0.2) is 23.0 Å². The van der Waals surface area contributed by atoms with Crippen molar-refractivity contribution in [2.24, 2.45) is 20.0 Å². The number of benzene rings is 1. The second kappa shape index (κ2) is 5.15. The molecule has 1 aromatic carbocycles. The van der Waals surface area contributed by atoms with Crippen molar-refractivity contribution in [3.63, 3.8) is 0 Å². The van der Waals surface area contributed by atoms with E-state index in [0.717, 1.165) is 16.6 Å². The van der Waals surface area contributed by atoms with E-state index in [1.54, 1.807) is 23.2 Å². The summed E-state index contributed by atoms with van der Waals surface area (Å²) in [5.74, 6) is -0.623. The quantitative estimate of drug-likeness (QED) is 0.930. The zero-order valence-electron chi connectivity index (χ0n) is 12.3. The van der Waals surface area contributed by atoms with Gasteiger partial charge in [-0.1, -0.05) is 19.9 Å². The van der Waals surface area contributed by atoms with Crippen molar-refractivity contribution in [2.45, 2.75) is 26.2 Å². The first-order valence-corrected chi connectivity index (χ1v) is 6.70. The molecule has 0 aliphatic heterocycles. The van der Waals surface area contributed by atoms with Crippen molar-refractivity contribution in [3.8, 4) is 0 Å². The molecule has 0 amide bonds. The summed E-state index contributed by atoms with van der Waals surface area (Å²) in [6, 6.07) is 5.75. The average Bonchev–Trinajstić information content (AvgIpc) is 2.60. The maximum Gasteiger partial charge on any atom is 0.328 e. The van der Waals surface area contributed by atoms with Gasteiger partial charge < -0.3 is 5.11 Å². The minimum atomic E-state index is -0.800. The summed E-state index contributed by atoms with van der Waals surface area (Å²) in [4.78, 5) is 22.9. The van der Waals surface area contributed by atoms with E-state index in [2.05, 4.69) is 0 Å². The average molecular weight is 276 g/mol. The lowest BCUT2D eigenvalue weighted by Gasteiger charge is -2.19. The second-order valence-corrected chi connectivity index (χ2v) is 5.60. The topological polar surface area (TPSA) is 64.2 Å². The molecule has 2 rings (SSSR count). The molecule has 1 heterocycles. The van der Waals surface area contributed by atoms with E-state index in [1.165, 1.54) is 0 Å². The Morgan fingerprint density at radius 3 is 2.35 bits per heavy atom. The van der Waals surface area contributed by atoms with Gasteiger partial charge in [0.2, 0.25) is 0 Å². The number of nitrogens with zero attached hydrogens (tertiary/aromatic N) is 2. The van der Waals surface area contributed by atoms with Gasteiger partial charge in [0, 0.05) is 14.1 Å². The van der Waals surface area contributed by atoms with Crippen LogP contribution in [0.3, 0.4) is 0 Å². The standard InChI is InChI=1S/C15H20N2O3/c1-9(2)11(8-14(18)19)10-5-6-12-13(7-10)17(4)15(20)16(12)3/h5-7,9,11H,8H2,1-4H3,(H,18,19). The molecule has 0 saturated carbocycles. The van der Waals surface area contributed by atoms with E-state index in [0.29, 0.717) is 0 Å².